The zero-order valence-electron chi connectivity index (χ0n) is 26.3. The van der Waals surface area contributed by atoms with Crippen LogP contribution in [0.25, 0.3) is 0 Å². The first-order valence-corrected chi connectivity index (χ1v) is 15.6. The van der Waals surface area contributed by atoms with E-state index < -0.39 is 29.6 Å². The molecule has 0 radical (unpaired) electrons. The lowest BCUT2D eigenvalue weighted by Gasteiger charge is -2.39. The van der Waals surface area contributed by atoms with E-state index in [1.165, 1.54) is 11.8 Å². The van der Waals surface area contributed by atoms with Gasteiger partial charge in [0.25, 0.3) is 5.91 Å². The Kier molecular flexibility index (Phi) is 9.01. The summed E-state index contributed by atoms with van der Waals surface area (Å²) in [5.41, 5.74) is 1.99. The van der Waals surface area contributed by atoms with Crippen molar-refractivity contribution in [3.8, 4) is 0 Å². The van der Waals surface area contributed by atoms with Crippen molar-refractivity contribution in [3.05, 3.63) is 120 Å². The fraction of sp³-hybridized carbons (Fsp3) is 0.306. The van der Waals surface area contributed by atoms with Crippen molar-refractivity contribution >= 4 is 29.2 Å². The number of β-lactam (4-membered cyclic amide) rings is 1. The van der Waals surface area contributed by atoms with Gasteiger partial charge >= 0.3 is 5.97 Å². The molecular weight excluding hydrogens is 598 g/mol. The molecule has 1 aromatic heterocycles. The minimum absolute atomic E-state index is 0.0688. The summed E-state index contributed by atoms with van der Waals surface area (Å²) in [5, 5.41) is 30.7. The van der Waals surface area contributed by atoms with Crippen molar-refractivity contribution in [2.45, 2.75) is 57.5 Å². The van der Waals surface area contributed by atoms with Crippen molar-refractivity contribution in [1.29, 1.82) is 0 Å². The van der Waals surface area contributed by atoms with Gasteiger partial charge in [-0.3, -0.25) is 24.0 Å². The third kappa shape index (κ3) is 6.19. The Balaban J connectivity index is 1.22. The van der Waals surface area contributed by atoms with Crippen LogP contribution in [0.4, 0.5) is 11.4 Å². The normalized spacial score (nSPS) is 20.3. The largest absolute Gasteiger partial charge is 0.441 e. The van der Waals surface area contributed by atoms with Gasteiger partial charge < -0.3 is 19.8 Å². The molecule has 242 valence electrons. The summed E-state index contributed by atoms with van der Waals surface area (Å²) >= 11 is 0. The third-order valence-electron chi connectivity index (χ3n) is 8.83. The fourth-order valence-corrected chi connectivity index (χ4v) is 6.28. The highest BCUT2D eigenvalue weighted by atomic mass is 16.6. The number of aliphatic hydroxyl groups is 2. The zero-order chi connectivity index (χ0) is 33.1. The summed E-state index contributed by atoms with van der Waals surface area (Å²) in [6, 6.07) is 24.3. The fourth-order valence-electron chi connectivity index (χ4n) is 6.28. The van der Waals surface area contributed by atoms with Crippen LogP contribution in [0, 0.1) is 5.92 Å². The molecule has 4 aromatic rings. The number of anilines is 2. The Hall–Kier alpha value is -5.13. The summed E-state index contributed by atoms with van der Waals surface area (Å²) in [4.78, 5) is 41.2. The van der Waals surface area contributed by atoms with Gasteiger partial charge in [0, 0.05) is 36.8 Å². The number of rotatable bonds is 12. The number of fused-ring (bicyclic) bond motifs is 1. The Morgan fingerprint density at radius 1 is 1.09 bits per heavy atom. The average Bonchev–Trinajstić information content (AvgIpc) is 3.61. The van der Waals surface area contributed by atoms with Gasteiger partial charge in [0.2, 0.25) is 5.91 Å². The van der Waals surface area contributed by atoms with E-state index in [4.69, 9.17) is 4.74 Å². The lowest BCUT2D eigenvalue weighted by molar-refractivity contribution is -0.153. The van der Waals surface area contributed by atoms with Crippen LogP contribution in [0.15, 0.2) is 97.2 Å². The average molecular weight is 636 g/mol. The summed E-state index contributed by atoms with van der Waals surface area (Å²) < 4.78 is 7.01. The molecule has 11 heteroatoms. The van der Waals surface area contributed by atoms with E-state index in [0.29, 0.717) is 35.6 Å². The number of aryl methyl sites for hydroxylation is 1. The molecule has 2 aliphatic rings. The highest BCUT2D eigenvalue weighted by Crippen LogP contribution is 2.48. The van der Waals surface area contributed by atoms with Crippen LogP contribution in [0.2, 0.25) is 0 Å². The number of ether oxygens (including phenoxy) is 1. The van der Waals surface area contributed by atoms with Crippen molar-refractivity contribution < 1.29 is 29.3 Å². The summed E-state index contributed by atoms with van der Waals surface area (Å²) in [6.07, 6.45) is 5.42. The smallest absolute Gasteiger partial charge is 0.304 e. The second-order valence-corrected chi connectivity index (χ2v) is 11.9. The first kappa shape index (κ1) is 31.8. The van der Waals surface area contributed by atoms with E-state index in [1.807, 2.05) is 79.0 Å². The SMILES string of the molecule is CC(=O)OC1CC(=O)N1c1ccc2c(c1)[C@](O)([C@@H](C)/C=C/CCn1cc(C(CO)c3ccccc3)nn1)C(=O)N2Cc1ccccc1. The Bertz CT molecular complexity index is 1790. The van der Waals surface area contributed by atoms with Crippen LogP contribution >= 0.6 is 0 Å². The topological polar surface area (TPSA) is 138 Å². The van der Waals surface area contributed by atoms with E-state index in [2.05, 4.69) is 10.3 Å². The molecule has 11 nitrogen and oxygen atoms in total. The van der Waals surface area contributed by atoms with E-state index in [1.54, 1.807) is 34.7 Å². The first-order valence-electron chi connectivity index (χ1n) is 15.6. The molecule has 3 aromatic carbocycles. The zero-order valence-corrected chi connectivity index (χ0v) is 26.3. The highest BCUT2D eigenvalue weighted by molar-refractivity contribution is 6.08. The van der Waals surface area contributed by atoms with Crippen LogP contribution in [0.5, 0.6) is 0 Å². The third-order valence-corrected chi connectivity index (χ3v) is 8.83. The van der Waals surface area contributed by atoms with Gasteiger partial charge in [-0.15, -0.1) is 5.10 Å². The van der Waals surface area contributed by atoms with Crippen LogP contribution in [-0.2, 0) is 37.8 Å². The summed E-state index contributed by atoms with van der Waals surface area (Å²) in [6.45, 7) is 3.75. The second-order valence-electron chi connectivity index (χ2n) is 11.9. The number of carbonyl (C=O) groups is 3. The molecule has 0 aliphatic carbocycles. The van der Waals surface area contributed by atoms with Crippen molar-refractivity contribution in [1.82, 2.24) is 15.0 Å². The van der Waals surface area contributed by atoms with E-state index in [-0.39, 0.29) is 31.4 Å². The molecule has 0 bridgehead atoms. The molecule has 0 saturated carbocycles. The number of allylic oxidation sites excluding steroid dienone is 1. The van der Waals surface area contributed by atoms with Gasteiger partial charge in [0.05, 0.1) is 36.9 Å². The first-order chi connectivity index (χ1) is 22.7. The number of nitrogens with zero attached hydrogens (tertiary/aromatic N) is 5. The number of amides is 2. The molecule has 4 atom stereocenters. The minimum atomic E-state index is -1.91. The van der Waals surface area contributed by atoms with Crippen molar-refractivity contribution in [2.75, 3.05) is 16.4 Å². The number of benzene rings is 3. The van der Waals surface area contributed by atoms with Crippen LogP contribution < -0.4 is 9.80 Å². The molecule has 2 unspecified atom stereocenters. The standard InChI is InChI=1S/C36H37N5O6/c1-24(11-9-10-18-39-22-31(37-38-39)29(23-42)27-14-7-4-8-15-27)36(46)30-19-28(41-33(44)20-34(41)47-25(2)43)16-17-32(30)40(35(36)45)21-26-12-5-3-6-13-26/h3-9,11-17,19,22,24,29,34,42,46H,10,18,20-21,23H2,1-2H3/b11-9+/t24-,29?,34?,36+/m0/s1. The number of hydrogen-bond donors (Lipinski definition) is 2. The summed E-state index contributed by atoms with van der Waals surface area (Å²) in [5.74, 6) is -2.09. The van der Waals surface area contributed by atoms with Crippen LogP contribution in [-0.4, -0.2) is 55.8 Å². The minimum Gasteiger partial charge on any atom is -0.441 e. The lowest BCUT2D eigenvalue weighted by Crippen LogP contribution is -2.55. The monoisotopic (exact) mass is 635 g/mol. The molecule has 2 aliphatic heterocycles. The number of esters is 1. The molecule has 47 heavy (non-hydrogen) atoms. The van der Waals surface area contributed by atoms with Gasteiger partial charge in [0.1, 0.15) is 0 Å². The Morgan fingerprint density at radius 2 is 1.81 bits per heavy atom. The predicted octanol–water partition coefficient (Wildman–Crippen LogP) is 4.05. The van der Waals surface area contributed by atoms with Crippen molar-refractivity contribution in [3.63, 3.8) is 0 Å². The van der Waals surface area contributed by atoms with Gasteiger partial charge in [-0.2, -0.15) is 0 Å². The van der Waals surface area contributed by atoms with Crippen LogP contribution in [0.3, 0.4) is 0 Å². The Morgan fingerprint density at radius 3 is 2.49 bits per heavy atom. The van der Waals surface area contributed by atoms with Gasteiger partial charge in [-0.1, -0.05) is 85.0 Å². The maximum Gasteiger partial charge on any atom is 0.304 e. The molecule has 0 spiro atoms. The molecule has 3 heterocycles. The molecule has 2 amide bonds. The molecule has 6 rings (SSSR count). The summed E-state index contributed by atoms with van der Waals surface area (Å²) in [7, 11) is 0. The van der Waals surface area contributed by atoms with Crippen LogP contribution in [0.1, 0.15) is 55.0 Å². The molecule has 2 N–H and O–H groups in total. The number of hydrogen-bond acceptors (Lipinski definition) is 8. The lowest BCUT2D eigenvalue weighted by atomic mass is 9.82. The van der Waals surface area contributed by atoms with E-state index in [0.717, 1.165) is 11.1 Å². The number of aliphatic hydroxyl groups excluding tert-OH is 1. The molecule has 1 fully saturated rings. The number of carbonyl (C=O) groups excluding carboxylic acids is 3. The maximum atomic E-state index is 14.1. The maximum absolute atomic E-state index is 14.1. The van der Waals surface area contributed by atoms with E-state index in [9.17, 15) is 24.6 Å². The van der Waals surface area contributed by atoms with Crippen molar-refractivity contribution in [2.24, 2.45) is 5.92 Å². The molecule has 1 saturated heterocycles. The Labute approximate surface area is 272 Å². The quantitative estimate of drug-likeness (QED) is 0.135. The number of aromatic nitrogens is 3. The van der Waals surface area contributed by atoms with Gasteiger partial charge in [0.15, 0.2) is 11.8 Å². The van der Waals surface area contributed by atoms with Gasteiger partial charge in [-0.05, 0) is 35.7 Å². The predicted molar refractivity (Wildman–Crippen MR) is 174 cm³/mol. The van der Waals surface area contributed by atoms with Gasteiger partial charge in [-0.25, -0.2) is 0 Å². The van der Waals surface area contributed by atoms with E-state index >= 15 is 0 Å². The highest BCUT2D eigenvalue weighted by Gasteiger charge is 2.53. The molecular formula is C36H37N5O6. The second kappa shape index (κ2) is 13.3.